The molecule has 0 heterocycles. The molecule has 0 saturated carbocycles. The van der Waals surface area contributed by atoms with Crippen LogP contribution in [-0.4, -0.2) is 25.2 Å². The maximum absolute atomic E-state index is 12.6. The number of halogens is 1. The lowest BCUT2D eigenvalue weighted by Crippen LogP contribution is -2.41. The van der Waals surface area contributed by atoms with E-state index in [-0.39, 0.29) is 11.4 Å². The summed E-state index contributed by atoms with van der Waals surface area (Å²) in [7, 11) is -3.97. The van der Waals surface area contributed by atoms with E-state index in [2.05, 4.69) is 0 Å². The van der Waals surface area contributed by atoms with Gasteiger partial charge in [-0.3, -0.25) is 0 Å². The minimum atomic E-state index is -3.97. The zero-order valence-corrected chi connectivity index (χ0v) is 14.0. The molecule has 0 radical (unpaired) electrons. The van der Waals surface area contributed by atoms with E-state index >= 15 is 0 Å². The zero-order chi connectivity index (χ0) is 17.0. The molecule has 23 heavy (non-hydrogen) atoms. The van der Waals surface area contributed by atoms with E-state index in [9.17, 15) is 18.3 Å². The van der Waals surface area contributed by atoms with Crippen molar-refractivity contribution in [2.24, 2.45) is 0 Å². The Kier molecular flexibility index (Phi) is 5.41. The monoisotopic (exact) mass is 352 g/mol. The van der Waals surface area contributed by atoms with Crippen LogP contribution in [0.25, 0.3) is 0 Å². The summed E-state index contributed by atoms with van der Waals surface area (Å²) in [5, 5.41) is 11.3. The van der Waals surface area contributed by atoms with Gasteiger partial charge in [-0.25, -0.2) is 8.42 Å². The molecule has 0 N–H and O–H groups in total. The van der Waals surface area contributed by atoms with Crippen molar-refractivity contribution in [3.63, 3.8) is 0 Å². The fourth-order valence-electron chi connectivity index (χ4n) is 2.02. The lowest BCUT2D eigenvalue weighted by atomic mass is 10.1. The van der Waals surface area contributed by atoms with E-state index in [0.29, 0.717) is 10.6 Å². The van der Waals surface area contributed by atoms with Gasteiger partial charge in [0.25, 0.3) is 0 Å². The van der Waals surface area contributed by atoms with Gasteiger partial charge >= 0.3 is 0 Å². The largest absolute Gasteiger partial charge is 0.549 e. The molecule has 0 aliphatic heterocycles. The van der Waals surface area contributed by atoms with Crippen LogP contribution in [0.4, 0.5) is 0 Å². The fourth-order valence-corrected chi connectivity index (χ4v) is 3.52. The smallest absolute Gasteiger partial charge is 0.243 e. The number of sulfonamides is 1. The van der Waals surface area contributed by atoms with Gasteiger partial charge in [-0.15, -0.1) is 0 Å². The molecule has 0 bridgehead atoms. The Morgan fingerprint density at radius 2 is 1.65 bits per heavy atom. The number of carboxylic acid groups (broad SMARTS) is 1. The first kappa shape index (κ1) is 17.5. The SMILES string of the molecule is Cc1ccc(CN(CC(=O)[O-])S(=O)(=O)c2ccc(Cl)cc2)cc1. The van der Waals surface area contributed by atoms with Crippen LogP contribution in [0.1, 0.15) is 11.1 Å². The molecule has 0 aliphatic carbocycles. The highest BCUT2D eigenvalue weighted by atomic mass is 35.5. The summed E-state index contributed by atoms with van der Waals surface area (Å²) in [6.45, 7) is 1.13. The number of hydrogen-bond donors (Lipinski definition) is 0. The van der Waals surface area contributed by atoms with Crippen molar-refractivity contribution in [1.82, 2.24) is 4.31 Å². The molecular weight excluding hydrogens is 338 g/mol. The number of benzene rings is 2. The molecule has 122 valence electrons. The molecule has 7 heteroatoms. The molecule has 0 aromatic heterocycles. The minimum Gasteiger partial charge on any atom is -0.549 e. The van der Waals surface area contributed by atoms with E-state index in [4.69, 9.17) is 11.6 Å². The zero-order valence-electron chi connectivity index (χ0n) is 12.4. The Bertz CT molecular complexity index is 786. The first-order chi connectivity index (χ1) is 10.8. The second-order valence-corrected chi connectivity index (χ2v) is 7.46. The van der Waals surface area contributed by atoms with Gasteiger partial charge in [-0.1, -0.05) is 41.4 Å². The summed E-state index contributed by atoms with van der Waals surface area (Å²) >= 11 is 5.76. The lowest BCUT2D eigenvalue weighted by Gasteiger charge is -2.23. The molecule has 0 saturated heterocycles. The highest BCUT2D eigenvalue weighted by Gasteiger charge is 2.24. The quantitative estimate of drug-likeness (QED) is 0.791. The van der Waals surface area contributed by atoms with Crippen LogP contribution in [0.3, 0.4) is 0 Å². The lowest BCUT2D eigenvalue weighted by molar-refractivity contribution is -0.305. The molecule has 0 unspecified atom stereocenters. The average molecular weight is 353 g/mol. The molecule has 0 spiro atoms. The molecule has 0 amide bonds. The van der Waals surface area contributed by atoms with E-state index in [1.165, 1.54) is 24.3 Å². The van der Waals surface area contributed by atoms with Gasteiger partial charge in [-0.05, 0) is 36.8 Å². The normalized spacial score (nSPS) is 11.6. The third-order valence-electron chi connectivity index (χ3n) is 3.24. The number of carbonyl (C=O) groups excluding carboxylic acids is 1. The van der Waals surface area contributed by atoms with Crippen molar-refractivity contribution < 1.29 is 18.3 Å². The summed E-state index contributed by atoms with van der Waals surface area (Å²) in [4.78, 5) is 10.9. The van der Waals surface area contributed by atoms with Crippen molar-refractivity contribution in [2.45, 2.75) is 18.4 Å². The minimum absolute atomic E-state index is 0.0183. The van der Waals surface area contributed by atoms with Crippen LogP contribution < -0.4 is 5.11 Å². The first-order valence-electron chi connectivity index (χ1n) is 6.80. The molecule has 2 aromatic carbocycles. The Morgan fingerprint density at radius 3 is 2.17 bits per heavy atom. The van der Waals surface area contributed by atoms with E-state index in [0.717, 1.165) is 9.87 Å². The van der Waals surface area contributed by atoms with Crippen LogP contribution in [0.15, 0.2) is 53.4 Å². The number of rotatable bonds is 6. The van der Waals surface area contributed by atoms with Crippen molar-refractivity contribution in [1.29, 1.82) is 0 Å². The summed E-state index contributed by atoms with van der Waals surface area (Å²) < 4.78 is 26.2. The molecule has 5 nitrogen and oxygen atoms in total. The maximum Gasteiger partial charge on any atom is 0.243 e. The number of hydrogen-bond acceptors (Lipinski definition) is 4. The average Bonchev–Trinajstić information content (AvgIpc) is 2.49. The third kappa shape index (κ3) is 4.54. The Hall–Kier alpha value is -1.89. The van der Waals surface area contributed by atoms with Crippen molar-refractivity contribution in [3.8, 4) is 0 Å². The highest BCUT2D eigenvalue weighted by molar-refractivity contribution is 7.89. The van der Waals surface area contributed by atoms with Gasteiger partial charge in [0.05, 0.1) is 17.4 Å². The number of aliphatic carboxylic acids is 1. The van der Waals surface area contributed by atoms with Crippen LogP contribution in [0, 0.1) is 6.92 Å². The van der Waals surface area contributed by atoms with E-state index in [1.807, 2.05) is 19.1 Å². The van der Waals surface area contributed by atoms with E-state index < -0.39 is 22.5 Å². The molecular formula is C16H15ClNO4S-. The molecule has 0 aliphatic rings. The Labute approximate surface area is 140 Å². The predicted molar refractivity (Wildman–Crippen MR) is 85.2 cm³/mol. The Morgan fingerprint density at radius 1 is 1.09 bits per heavy atom. The molecule has 2 aromatic rings. The summed E-state index contributed by atoms with van der Waals surface area (Å²) in [5.74, 6) is -1.46. The van der Waals surface area contributed by atoms with Crippen LogP contribution in [-0.2, 0) is 21.4 Å². The standard InChI is InChI=1S/C16H16ClNO4S/c1-12-2-4-13(5-3-12)10-18(11-16(19)20)23(21,22)15-8-6-14(17)7-9-15/h2-9H,10-11H2,1H3,(H,19,20)/p-1. The van der Waals surface area contributed by atoms with Crippen molar-refractivity contribution in [3.05, 3.63) is 64.7 Å². The van der Waals surface area contributed by atoms with Gasteiger partial charge in [0.1, 0.15) is 0 Å². The van der Waals surface area contributed by atoms with Gasteiger partial charge in [0.15, 0.2) is 0 Å². The number of aryl methyl sites for hydroxylation is 1. The van der Waals surface area contributed by atoms with Gasteiger partial charge in [-0.2, -0.15) is 4.31 Å². The highest BCUT2D eigenvalue weighted by Crippen LogP contribution is 2.20. The number of carbonyl (C=O) groups is 1. The van der Waals surface area contributed by atoms with Gasteiger partial charge in [0.2, 0.25) is 10.0 Å². The van der Waals surface area contributed by atoms with Crippen LogP contribution in [0.2, 0.25) is 5.02 Å². The molecule has 0 atom stereocenters. The summed E-state index contributed by atoms with van der Waals surface area (Å²) in [5.41, 5.74) is 1.72. The second-order valence-electron chi connectivity index (χ2n) is 5.08. The first-order valence-corrected chi connectivity index (χ1v) is 8.62. The van der Waals surface area contributed by atoms with E-state index in [1.54, 1.807) is 12.1 Å². The third-order valence-corrected chi connectivity index (χ3v) is 5.29. The topological polar surface area (TPSA) is 77.5 Å². The predicted octanol–water partition coefficient (Wildman–Crippen LogP) is 1.59. The molecule has 2 rings (SSSR count). The van der Waals surface area contributed by atoms with Gasteiger partial charge < -0.3 is 9.90 Å². The second kappa shape index (κ2) is 7.12. The number of nitrogens with zero attached hydrogens (tertiary/aromatic N) is 1. The number of carboxylic acids is 1. The summed E-state index contributed by atoms with van der Waals surface area (Å²) in [6.07, 6.45) is 0. The maximum atomic E-state index is 12.6. The summed E-state index contributed by atoms with van der Waals surface area (Å²) in [6, 6.07) is 12.8. The molecule has 0 fully saturated rings. The van der Waals surface area contributed by atoms with Crippen LogP contribution >= 0.6 is 11.6 Å². The Balaban J connectivity index is 2.34. The fraction of sp³-hybridized carbons (Fsp3) is 0.188. The van der Waals surface area contributed by atoms with Crippen molar-refractivity contribution >= 4 is 27.6 Å². The van der Waals surface area contributed by atoms with Crippen molar-refractivity contribution in [2.75, 3.05) is 6.54 Å². The van der Waals surface area contributed by atoms with Crippen LogP contribution in [0.5, 0.6) is 0 Å². The van der Waals surface area contributed by atoms with Gasteiger partial charge in [0, 0.05) is 11.6 Å².